The number of nitrogens with one attached hydrogen (secondary N) is 1. The van der Waals surface area contributed by atoms with Crippen molar-refractivity contribution in [1.82, 2.24) is 5.32 Å². The molecule has 0 heterocycles. The van der Waals surface area contributed by atoms with Crippen LogP contribution in [0.15, 0.2) is 47.6 Å². The minimum absolute atomic E-state index is 0.162. The molecule has 0 saturated carbocycles. The molecule has 0 aromatic heterocycles. The predicted molar refractivity (Wildman–Crippen MR) is 90.0 cm³/mol. The van der Waals surface area contributed by atoms with Crippen LogP contribution in [0, 0.1) is 13.8 Å². The quantitative estimate of drug-likeness (QED) is 0.681. The Morgan fingerprint density at radius 2 is 1.74 bits per heavy atom. The van der Waals surface area contributed by atoms with Crippen LogP contribution < -0.4 is 10.1 Å². The summed E-state index contributed by atoms with van der Waals surface area (Å²) in [6, 6.07) is 13.2. The number of likely N-dealkylation sites (N-methyl/N-ethyl adjacent to an activating group) is 1. The molecule has 0 radical (unpaired) electrons. The maximum absolute atomic E-state index is 12.0. The van der Waals surface area contributed by atoms with Gasteiger partial charge in [0.1, 0.15) is 18.6 Å². The van der Waals surface area contributed by atoms with Gasteiger partial charge in [0.25, 0.3) is 5.91 Å². The van der Waals surface area contributed by atoms with Gasteiger partial charge < -0.3 is 14.9 Å². The summed E-state index contributed by atoms with van der Waals surface area (Å²) < 4.78 is 5.98. The molecule has 1 N–H and O–H groups in total. The van der Waals surface area contributed by atoms with Crippen molar-refractivity contribution in [2.75, 3.05) is 14.2 Å². The highest BCUT2D eigenvalue weighted by Crippen LogP contribution is 2.27. The Kier molecular flexibility index (Phi) is 5.36. The lowest BCUT2D eigenvalue weighted by Crippen LogP contribution is -2.28. The van der Waals surface area contributed by atoms with E-state index in [2.05, 4.69) is 16.5 Å². The zero-order valence-corrected chi connectivity index (χ0v) is 13.7. The van der Waals surface area contributed by atoms with Crippen LogP contribution in [0.4, 0.5) is 0 Å². The van der Waals surface area contributed by atoms with Gasteiger partial charge in [0.05, 0.1) is 5.56 Å². The fourth-order valence-electron chi connectivity index (χ4n) is 2.29. The third kappa shape index (κ3) is 4.10. The third-order valence-corrected chi connectivity index (χ3v) is 3.19. The van der Waals surface area contributed by atoms with Crippen molar-refractivity contribution in [3.05, 3.63) is 59.2 Å². The van der Waals surface area contributed by atoms with Crippen molar-refractivity contribution in [2.24, 2.45) is 5.16 Å². The number of aryl methyl sites for hydroxylation is 2. The standard InChI is InChI=1S/C18H20N2O3/c1-12-9-13(2)11-14(10-12)23-16-8-6-5-7-15(16)17(20-22-4)18(21)19-3/h5-11H,1-4H3,(H,19,21)/b20-17+. The van der Waals surface area contributed by atoms with Crippen molar-refractivity contribution >= 4 is 11.6 Å². The minimum Gasteiger partial charge on any atom is -0.457 e. The van der Waals surface area contributed by atoms with E-state index < -0.39 is 0 Å². The van der Waals surface area contributed by atoms with E-state index in [1.54, 1.807) is 19.2 Å². The average molecular weight is 312 g/mol. The highest BCUT2D eigenvalue weighted by atomic mass is 16.6. The molecule has 0 atom stereocenters. The number of nitrogens with zero attached hydrogens (tertiary/aromatic N) is 1. The summed E-state index contributed by atoms with van der Waals surface area (Å²) in [6.45, 7) is 4.02. The summed E-state index contributed by atoms with van der Waals surface area (Å²) >= 11 is 0. The molecule has 0 bridgehead atoms. The number of hydrogen-bond donors (Lipinski definition) is 1. The van der Waals surface area contributed by atoms with Crippen LogP contribution in [0.25, 0.3) is 0 Å². The normalized spacial score (nSPS) is 11.0. The molecule has 5 nitrogen and oxygen atoms in total. The van der Waals surface area contributed by atoms with Crippen molar-refractivity contribution in [1.29, 1.82) is 0 Å². The van der Waals surface area contributed by atoms with E-state index >= 15 is 0 Å². The monoisotopic (exact) mass is 312 g/mol. The Hall–Kier alpha value is -2.82. The third-order valence-electron chi connectivity index (χ3n) is 3.19. The highest BCUT2D eigenvalue weighted by Gasteiger charge is 2.18. The van der Waals surface area contributed by atoms with E-state index in [1.807, 2.05) is 38.1 Å². The Labute approximate surface area is 135 Å². The number of carbonyl (C=O) groups is 1. The zero-order valence-electron chi connectivity index (χ0n) is 13.7. The van der Waals surface area contributed by atoms with Crippen molar-refractivity contribution in [3.8, 4) is 11.5 Å². The lowest BCUT2D eigenvalue weighted by molar-refractivity contribution is -0.114. The lowest BCUT2D eigenvalue weighted by Gasteiger charge is -2.13. The SMILES string of the molecule is CNC(=O)/C(=N/OC)c1ccccc1Oc1cc(C)cc(C)c1. The van der Waals surface area contributed by atoms with Crippen molar-refractivity contribution < 1.29 is 14.4 Å². The van der Waals surface area contributed by atoms with E-state index in [4.69, 9.17) is 9.57 Å². The van der Waals surface area contributed by atoms with Gasteiger partial charge in [-0.25, -0.2) is 0 Å². The number of benzene rings is 2. The molecule has 23 heavy (non-hydrogen) atoms. The summed E-state index contributed by atoms with van der Waals surface area (Å²) in [5, 5.41) is 6.38. The van der Waals surface area contributed by atoms with Crippen LogP contribution in [-0.2, 0) is 9.63 Å². The van der Waals surface area contributed by atoms with Crippen molar-refractivity contribution in [3.63, 3.8) is 0 Å². The molecule has 2 aromatic carbocycles. The number of oxime groups is 1. The molecule has 120 valence electrons. The molecule has 5 heteroatoms. The summed E-state index contributed by atoms with van der Waals surface area (Å²) in [4.78, 5) is 16.8. The summed E-state index contributed by atoms with van der Waals surface area (Å²) in [5.41, 5.74) is 2.94. The number of amides is 1. The van der Waals surface area contributed by atoms with Crippen LogP contribution in [0.5, 0.6) is 11.5 Å². The van der Waals surface area contributed by atoms with Gasteiger partial charge >= 0.3 is 0 Å². The number of hydrogen-bond acceptors (Lipinski definition) is 4. The maximum atomic E-state index is 12.0. The van der Waals surface area contributed by atoms with E-state index in [9.17, 15) is 4.79 Å². The summed E-state index contributed by atoms with van der Waals surface area (Å²) in [6.07, 6.45) is 0. The number of rotatable bonds is 5. The molecule has 0 fully saturated rings. The molecule has 2 rings (SSSR count). The van der Waals surface area contributed by atoms with Crippen LogP contribution in [0.3, 0.4) is 0 Å². The Morgan fingerprint density at radius 3 is 2.35 bits per heavy atom. The van der Waals surface area contributed by atoms with Gasteiger partial charge in [0.15, 0.2) is 5.71 Å². The minimum atomic E-state index is -0.344. The second kappa shape index (κ2) is 7.45. The van der Waals surface area contributed by atoms with E-state index in [0.29, 0.717) is 17.1 Å². The number of para-hydroxylation sites is 1. The first kappa shape index (κ1) is 16.5. The second-order valence-electron chi connectivity index (χ2n) is 5.12. The molecular formula is C18H20N2O3. The molecule has 0 aliphatic rings. The topological polar surface area (TPSA) is 59.9 Å². The Morgan fingerprint density at radius 1 is 1.09 bits per heavy atom. The predicted octanol–water partition coefficient (Wildman–Crippen LogP) is 3.19. The maximum Gasteiger partial charge on any atom is 0.273 e. The van der Waals surface area contributed by atoms with Gasteiger partial charge in [-0.1, -0.05) is 23.4 Å². The first-order valence-electron chi connectivity index (χ1n) is 7.24. The Balaban J connectivity index is 2.44. The Bertz CT molecular complexity index is 719. The largest absolute Gasteiger partial charge is 0.457 e. The van der Waals surface area contributed by atoms with Crippen LogP contribution >= 0.6 is 0 Å². The molecule has 0 unspecified atom stereocenters. The van der Waals surface area contributed by atoms with Crippen LogP contribution in [0.2, 0.25) is 0 Å². The second-order valence-corrected chi connectivity index (χ2v) is 5.12. The molecule has 0 spiro atoms. The van der Waals surface area contributed by atoms with Gasteiger partial charge in [-0.2, -0.15) is 0 Å². The fourth-order valence-corrected chi connectivity index (χ4v) is 2.29. The lowest BCUT2D eigenvalue weighted by atomic mass is 10.1. The van der Waals surface area contributed by atoms with E-state index in [-0.39, 0.29) is 11.6 Å². The van der Waals surface area contributed by atoms with E-state index in [1.165, 1.54) is 7.11 Å². The number of ether oxygens (including phenoxy) is 1. The van der Waals surface area contributed by atoms with Gasteiger partial charge in [-0.3, -0.25) is 4.79 Å². The van der Waals surface area contributed by atoms with Gasteiger partial charge in [0.2, 0.25) is 0 Å². The first-order valence-corrected chi connectivity index (χ1v) is 7.24. The fraction of sp³-hybridized carbons (Fsp3) is 0.222. The zero-order chi connectivity index (χ0) is 16.8. The summed E-state index contributed by atoms with van der Waals surface area (Å²) in [5.74, 6) is 0.906. The van der Waals surface area contributed by atoms with Gasteiger partial charge in [-0.15, -0.1) is 0 Å². The first-order chi connectivity index (χ1) is 11.0. The highest BCUT2D eigenvalue weighted by molar-refractivity contribution is 6.45. The van der Waals surface area contributed by atoms with Crippen molar-refractivity contribution in [2.45, 2.75) is 13.8 Å². The smallest absolute Gasteiger partial charge is 0.273 e. The molecule has 2 aromatic rings. The van der Waals surface area contributed by atoms with E-state index in [0.717, 1.165) is 11.1 Å². The van der Waals surface area contributed by atoms with Crippen LogP contribution in [-0.4, -0.2) is 25.8 Å². The molecule has 0 aliphatic heterocycles. The molecule has 0 saturated heterocycles. The van der Waals surface area contributed by atoms with Gasteiger partial charge in [-0.05, 0) is 49.2 Å². The molecular weight excluding hydrogens is 292 g/mol. The molecule has 1 amide bonds. The number of carbonyl (C=O) groups excluding carboxylic acids is 1. The molecule has 0 aliphatic carbocycles. The van der Waals surface area contributed by atoms with Gasteiger partial charge in [0, 0.05) is 7.05 Å². The summed E-state index contributed by atoms with van der Waals surface area (Å²) in [7, 11) is 2.94. The average Bonchev–Trinajstić information content (AvgIpc) is 2.52. The van der Waals surface area contributed by atoms with Crippen LogP contribution in [0.1, 0.15) is 16.7 Å².